The van der Waals surface area contributed by atoms with Crippen LogP contribution < -0.4 is 0 Å². The fourth-order valence-corrected chi connectivity index (χ4v) is 1.66. The fraction of sp³-hybridized carbons (Fsp3) is 0.700. The second-order valence-corrected chi connectivity index (χ2v) is 3.48. The van der Waals surface area contributed by atoms with E-state index in [1.165, 1.54) is 0 Å². The molecule has 3 nitrogen and oxygen atoms in total. The SMILES string of the molecule is CCOC1CC(=O)C(CCCl)=C(C)O1. The highest BCUT2D eigenvalue weighted by atomic mass is 35.5. The molecule has 0 aliphatic carbocycles. The van der Waals surface area contributed by atoms with E-state index in [0.29, 0.717) is 36.7 Å². The molecule has 0 bridgehead atoms. The first-order valence-corrected chi connectivity index (χ1v) is 5.29. The summed E-state index contributed by atoms with van der Waals surface area (Å²) in [7, 11) is 0. The predicted molar refractivity (Wildman–Crippen MR) is 54.2 cm³/mol. The standard InChI is InChI=1S/C10H15ClO3/c1-3-13-10-6-9(12)8(4-5-11)7(2)14-10/h10H,3-6H2,1-2H3. The van der Waals surface area contributed by atoms with Gasteiger partial charge in [0.2, 0.25) is 6.29 Å². The minimum atomic E-state index is -0.411. The Labute approximate surface area is 89.0 Å². The van der Waals surface area contributed by atoms with Gasteiger partial charge < -0.3 is 9.47 Å². The lowest BCUT2D eigenvalue weighted by Crippen LogP contribution is -2.27. The average Bonchev–Trinajstić information content (AvgIpc) is 2.12. The number of carbonyl (C=O) groups excluding carboxylic acids is 1. The van der Waals surface area contributed by atoms with Crippen molar-refractivity contribution in [2.75, 3.05) is 12.5 Å². The molecule has 0 saturated heterocycles. The molecule has 0 aromatic carbocycles. The van der Waals surface area contributed by atoms with Crippen LogP contribution in [0.2, 0.25) is 0 Å². The van der Waals surface area contributed by atoms with Gasteiger partial charge in [-0.3, -0.25) is 4.79 Å². The molecule has 0 amide bonds. The minimum Gasteiger partial charge on any atom is -0.469 e. The average molecular weight is 219 g/mol. The van der Waals surface area contributed by atoms with Crippen molar-refractivity contribution in [3.63, 3.8) is 0 Å². The van der Waals surface area contributed by atoms with Crippen molar-refractivity contribution in [2.24, 2.45) is 0 Å². The summed E-state index contributed by atoms with van der Waals surface area (Å²) in [6.45, 7) is 4.21. The lowest BCUT2D eigenvalue weighted by molar-refractivity contribution is -0.145. The zero-order chi connectivity index (χ0) is 10.6. The topological polar surface area (TPSA) is 35.5 Å². The molecule has 4 heteroatoms. The molecule has 80 valence electrons. The van der Waals surface area contributed by atoms with Gasteiger partial charge in [-0.25, -0.2) is 0 Å². The molecule has 1 heterocycles. The molecule has 0 aromatic heterocycles. The van der Waals surface area contributed by atoms with Crippen molar-refractivity contribution in [3.8, 4) is 0 Å². The molecule has 1 rings (SSSR count). The maximum absolute atomic E-state index is 11.6. The number of ether oxygens (including phenoxy) is 2. The zero-order valence-corrected chi connectivity index (χ0v) is 9.26. The molecule has 1 aliphatic rings. The Morgan fingerprint density at radius 3 is 2.86 bits per heavy atom. The molecular weight excluding hydrogens is 204 g/mol. The third kappa shape index (κ3) is 2.72. The van der Waals surface area contributed by atoms with E-state index in [2.05, 4.69) is 0 Å². The van der Waals surface area contributed by atoms with Crippen LogP contribution in [-0.4, -0.2) is 24.6 Å². The monoisotopic (exact) mass is 218 g/mol. The molecule has 0 aromatic rings. The highest BCUT2D eigenvalue weighted by Crippen LogP contribution is 2.23. The number of halogens is 1. The minimum absolute atomic E-state index is 0.0906. The van der Waals surface area contributed by atoms with Crippen LogP contribution in [0.1, 0.15) is 26.7 Å². The number of Topliss-reactive ketones (excluding diaryl/α,β-unsaturated/α-hetero) is 1. The summed E-state index contributed by atoms with van der Waals surface area (Å²) in [5.74, 6) is 1.19. The van der Waals surface area contributed by atoms with Gasteiger partial charge in [-0.2, -0.15) is 0 Å². The molecule has 14 heavy (non-hydrogen) atoms. The smallest absolute Gasteiger partial charge is 0.206 e. The first kappa shape index (κ1) is 11.5. The molecule has 0 N–H and O–H groups in total. The predicted octanol–water partition coefficient (Wildman–Crippen LogP) is 2.24. The molecule has 0 spiro atoms. The number of allylic oxidation sites excluding steroid dienone is 2. The maximum atomic E-state index is 11.6. The van der Waals surface area contributed by atoms with Gasteiger partial charge >= 0.3 is 0 Å². The van der Waals surface area contributed by atoms with Crippen LogP contribution in [0.5, 0.6) is 0 Å². The van der Waals surface area contributed by atoms with Gasteiger partial charge in [0.25, 0.3) is 0 Å². The van der Waals surface area contributed by atoms with Gasteiger partial charge in [-0.15, -0.1) is 11.6 Å². The van der Waals surface area contributed by atoms with Crippen LogP contribution in [0, 0.1) is 0 Å². The summed E-state index contributed by atoms with van der Waals surface area (Å²) in [5, 5.41) is 0. The molecule has 1 atom stereocenters. The van der Waals surface area contributed by atoms with Gasteiger partial charge in [0.05, 0.1) is 6.42 Å². The number of rotatable bonds is 4. The third-order valence-electron chi connectivity index (χ3n) is 2.12. The summed E-state index contributed by atoms with van der Waals surface area (Å²) in [4.78, 5) is 11.6. The Morgan fingerprint density at radius 1 is 1.64 bits per heavy atom. The highest BCUT2D eigenvalue weighted by Gasteiger charge is 2.26. The Hall–Kier alpha value is -0.540. The van der Waals surface area contributed by atoms with Gasteiger partial charge in [0.15, 0.2) is 5.78 Å². The largest absolute Gasteiger partial charge is 0.469 e. The van der Waals surface area contributed by atoms with Crippen molar-refractivity contribution in [1.29, 1.82) is 0 Å². The Balaban J connectivity index is 2.67. The van der Waals surface area contributed by atoms with Crippen LogP contribution >= 0.6 is 11.6 Å². The quantitative estimate of drug-likeness (QED) is 0.679. The van der Waals surface area contributed by atoms with Crippen LogP contribution in [0.15, 0.2) is 11.3 Å². The summed E-state index contributed by atoms with van der Waals surface area (Å²) in [5.41, 5.74) is 0.705. The Morgan fingerprint density at radius 2 is 2.36 bits per heavy atom. The van der Waals surface area contributed by atoms with Gasteiger partial charge in [0, 0.05) is 18.1 Å². The van der Waals surface area contributed by atoms with Crippen molar-refractivity contribution < 1.29 is 14.3 Å². The van der Waals surface area contributed by atoms with E-state index in [1.54, 1.807) is 6.92 Å². The van der Waals surface area contributed by atoms with E-state index in [0.717, 1.165) is 0 Å². The van der Waals surface area contributed by atoms with Crippen molar-refractivity contribution in [3.05, 3.63) is 11.3 Å². The zero-order valence-electron chi connectivity index (χ0n) is 8.51. The first-order chi connectivity index (χ1) is 6.69. The number of carbonyl (C=O) groups is 1. The summed E-state index contributed by atoms with van der Waals surface area (Å²) < 4.78 is 10.7. The summed E-state index contributed by atoms with van der Waals surface area (Å²) >= 11 is 5.59. The van der Waals surface area contributed by atoms with E-state index in [1.807, 2.05) is 6.92 Å². The number of ketones is 1. The second kappa shape index (κ2) is 5.37. The Bertz CT molecular complexity index is 248. The van der Waals surface area contributed by atoms with Crippen molar-refractivity contribution >= 4 is 17.4 Å². The maximum Gasteiger partial charge on any atom is 0.206 e. The summed E-state index contributed by atoms with van der Waals surface area (Å²) in [6, 6.07) is 0. The molecular formula is C10H15ClO3. The van der Waals surface area contributed by atoms with Gasteiger partial charge in [-0.1, -0.05) is 0 Å². The Kier molecular flexibility index (Phi) is 4.42. The van der Waals surface area contributed by atoms with E-state index in [9.17, 15) is 4.79 Å². The van der Waals surface area contributed by atoms with Crippen molar-refractivity contribution in [2.45, 2.75) is 33.0 Å². The number of alkyl halides is 1. The fourth-order valence-electron chi connectivity index (χ4n) is 1.47. The summed E-state index contributed by atoms with van der Waals surface area (Å²) in [6.07, 6.45) is 0.467. The molecule has 0 radical (unpaired) electrons. The third-order valence-corrected chi connectivity index (χ3v) is 2.31. The van der Waals surface area contributed by atoms with Crippen molar-refractivity contribution in [1.82, 2.24) is 0 Å². The first-order valence-electron chi connectivity index (χ1n) is 4.76. The lowest BCUT2D eigenvalue weighted by Gasteiger charge is -2.25. The van der Waals surface area contributed by atoms with Crippen LogP contribution in [-0.2, 0) is 14.3 Å². The normalized spacial score (nSPS) is 22.5. The van der Waals surface area contributed by atoms with E-state index < -0.39 is 6.29 Å². The van der Waals surface area contributed by atoms with E-state index in [4.69, 9.17) is 21.1 Å². The van der Waals surface area contributed by atoms with Gasteiger partial charge in [0.1, 0.15) is 5.76 Å². The van der Waals surface area contributed by atoms with E-state index >= 15 is 0 Å². The molecule has 1 aliphatic heterocycles. The van der Waals surface area contributed by atoms with Gasteiger partial charge in [-0.05, 0) is 20.3 Å². The van der Waals surface area contributed by atoms with Crippen LogP contribution in [0.25, 0.3) is 0 Å². The highest BCUT2D eigenvalue weighted by molar-refractivity contribution is 6.18. The number of hydrogen-bond acceptors (Lipinski definition) is 3. The van der Waals surface area contributed by atoms with E-state index in [-0.39, 0.29) is 5.78 Å². The molecule has 0 fully saturated rings. The van der Waals surface area contributed by atoms with Crippen LogP contribution in [0.3, 0.4) is 0 Å². The molecule has 0 saturated carbocycles. The second-order valence-electron chi connectivity index (χ2n) is 3.10. The lowest BCUT2D eigenvalue weighted by atomic mass is 10.0. The number of hydrogen-bond donors (Lipinski definition) is 0. The van der Waals surface area contributed by atoms with Crippen LogP contribution in [0.4, 0.5) is 0 Å². The molecule has 1 unspecified atom stereocenters.